The van der Waals surface area contributed by atoms with E-state index in [0.717, 1.165) is 18.7 Å². The molecule has 2 amide bonds. The van der Waals surface area contributed by atoms with E-state index >= 15 is 0 Å². The van der Waals surface area contributed by atoms with Crippen LogP contribution in [0, 0.1) is 0 Å². The number of carbonyl (C=O) groups is 2. The molecule has 0 N–H and O–H groups in total. The van der Waals surface area contributed by atoms with Crippen LogP contribution in [0.15, 0.2) is 54.6 Å². The van der Waals surface area contributed by atoms with E-state index in [4.69, 9.17) is 4.74 Å². The Bertz CT molecular complexity index is 1240. The topological polar surface area (TPSA) is 93.7 Å². The summed E-state index contributed by atoms with van der Waals surface area (Å²) < 4.78 is 33.2. The molecule has 204 valence electrons. The molecule has 11 heteroatoms. The van der Waals surface area contributed by atoms with Crippen LogP contribution in [-0.4, -0.2) is 122 Å². The summed E-state index contributed by atoms with van der Waals surface area (Å²) in [5, 5.41) is 0. The molecule has 3 fully saturated rings. The van der Waals surface area contributed by atoms with Gasteiger partial charge in [-0.1, -0.05) is 18.2 Å². The number of likely N-dealkylation sites (tertiary alicyclic amines) is 1. The Balaban J connectivity index is 1.06. The van der Waals surface area contributed by atoms with Crippen LogP contribution in [0.25, 0.3) is 0 Å². The Morgan fingerprint density at radius 2 is 1.39 bits per heavy atom. The number of nitrogens with zero attached hydrogens (tertiary/aromatic N) is 5. The molecule has 5 rings (SSSR count). The maximum atomic E-state index is 13.0. The van der Waals surface area contributed by atoms with Gasteiger partial charge in [0.15, 0.2) is 0 Å². The lowest BCUT2D eigenvalue weighted by molar-refractivity contribution is 0.00853. The zero-order valence-electron chi connectivity index (χ0n) is 21.9. The standard InChI is InChI=1S/C27H35N5O5S/c1-28(2)38(35,36)32-13-12-25(20-32)37-24-10-8-22(9-11-24)27(34)31-18-23(19-31)29-14-16-30(17-15-29)26(33)21-6-4-3-5-7-21/h3-11,23,25H,12-20H2,1-2H3/t25-/m0/s1. The van der Waals surface area contributed by atoms with Gasteiger partial charge in [-0.05, 0) is 42.8 Å². The van der Waals surface area contributed by atoms with Crippen LogP contribution in [0.2, 0.25) is 0 Å². The van der Waals surface area contributed by atoms with Crippen LogP contribution in [0.1, 0.15) is 27.1 Å². The number of rotatable bonds is 7. The first-order chi connectivity index (χ1) is 18.2. The first kappa shape index (κ1) is 26.6. The summed E-state index contributed by atoms with van der Waals surface area (Å²) in [6, 6.07) is 16.8. The van der Waals surface area contributed by atoms with Crippen molar-refractivity contribution in [2.45, 2.75) is 18.6 Å². The Kier molecular flexibility index (Phi) is 7.71. The van der Waals surface area contributed by atoms with Crippen LogP contribution in [-0.2, 0) is 10.2 Å². The fourth-order valence-electron chi connectivity index (χ4n) is 5.19. The number of piperazine rings is 1. The molecular weight excluding hydrogens is 506 g/mol. The first-order valence-electron chi connectivity index (χ1n) is 13.0. The number of amides is 2. The van der Waals surface area contributed by atoms with Crippen molar-refractivity contribution < 1.29 is 22.7 Å². The van der Waals surface area contributed by atoms with E-state index in [1.807, 2.05) is 40.1 Å². The first-order valence-corrected chi connectivity index (χ1v) is 14.4. The van der Waals surface area contributed by atoms with Gasteiger partial charge in [0.1, 0.15) is 11.9 Å². The molecule has 0 bridgehead atoms. The third kappa shape index (κ3) is 5.56. The van der Waals surface area contributed by atoms with Gasteiger partial charge in [0.25, 0.3) is 22.0 Å². The average molecular weight is 542 g/mol. The lowest BCUT2D eigenvalue weighted by Gasteiger charge is -2.48. The summed E-state index contributed by atoms with van der Waals surface area (Å²) in [5.41, 5.74) is 1.33. The smallest absolute Gasteiger partial charge is 0.281 e. The van der Waals surface area contributed by atoms with Crippen LogP contribution in [0.4, 0.5) is 0 Å². The van der Waals surface area contributed by atoms with E-state index in [2.05, 4.69) is 4.90 Å². The van der Waals surface area contributed by atoms with E-state index in [0.29, 0.717) is 63.0 Å². The van der Waals surface area contributed by atoms with Crippen molar-refractivity contribution >= 4 is 22.0 Å². The van der Waals surface area contributed by atoms with Gasteiger partial charge >= 0.3 is 0 Å². The molecule has 0 spiro atoms. The van der Waals surface area contributed by atoms with E-state index in [-0.39, 0.29) is 17.9 Å². The fourth-order valence-corrected chi connectivity index (χ4v) is 6.34. The summed E-state index contributed by atoms with van der Waals surface area (Å²) >= 11 is 0. The van der Waals surface area contributed by atoms with Crippen molar-refractivity contribution in [1.82, 2.24) is 23.3 Å². The summed E-state index contributed by atoms with van der Waals surface area (Å²) in [6.45, 7) is 5.11. The molecule has 3 aliphatic rings. The fraction of sp³-hybridized carbons (Fsp3) is 0.481. The summed E-state index contributed by atoms with van der Waals surface area (Å²) in [6.07, 6.45) is 0.406. The molecule has 0 saturated carbocycles. The van der Waals surface area contributed by atoms with Crippen LogP contribution < -0.4 is 4.74 Å². The van der Waals surface area contributed by atoms with Gasteiger partial charge in [0, 0.05) is 77.1 Å². The minimum atomic E-state index is -3.44. The monoisotopic (exact) mass is 541 g/mol. The third-order valence-electron chi connectivity index (χ3n) is 7.59. The maximum Gasteiger partial charge on any atom is 0.281 e. The molecule has 0 radical (unpaired) electrons. The highest BCUT2D eigenvalue weighted by Gasteiger charge is 2.37. The Labute approximate surface area is 224 Å². The predicted octanol–water partition coefficient (Wildman–Crippen LogP) is 1.23. The molecule has 3 saturated heterocycles. The van der Waals surface area contributed by atoms with Gasteiger partial charge in [-0.15, -0.1) is 0 Å². The predicted molar refractivity (Wildman–Crippen MR) is 143 cm³/mol. The molecule has 10 nitrogen and oxygen atoms in total. The van der Waals surface area contributed by atoms with E-state index in [1.165, 1.54) is 22.7 Å². The highest BCUT2D eigenvalue weighted by molar-refractivity contribution is 7.86. The number of hydrogen-bond donors (Lipinski definition) is 0. The summed E-state index contributed by atoms with van der Waals surface area (Å²) in [7, 11) is -0.396. The van der Waals surface area contributed by atoms with Crippen molar-refractivity contribution in [3.8, 4) is 5.75 Å². The second-order valence-electron chi connectivity index (χ2n) is 10.3. The number of benzene rings is 2. The maximum absolute atomic E-state index is 13.0. The Morgan fingerprint density at radius 1 is 0.789 bits per heavy atom. The highest BCUT2D eigenvalue weighted by atomic mass is 32.2. The molecule has 0 aliphatic carbocycles. The lowest BCUT2D eigenvalue weighted by atomic mass is 10.0. The van der Waals surface area contributed by atoms with Crippen LogP contribution in [0.3, 0.4) is 0 Å². The second kappa shape index (κ2) is 11.0. The van der Waals surface area contributed by atoms with Crippen molar-refractivity contribution in [2.75, 3.05) is 66.5 Å². The van der Waals surface area contributed by atoms with Crippen LogP contribution in [0.5, 0.6) is 5.75 Å². The van der Waals surface area contributed by atoms with E-state index in [9.17, 15) is 18.0 Å². The number of hydrogen-bond acceptors (Lipinski definition) is 6. The largest absolute Gasteiger partial charge is 0.489 e. The lowest BCUT2D eigenvalue weighted by Crippen LogP contribution is -2.64. The minimum absolute atomic E-state index is 0.00481. The van der Waals surface area contributed by atoms with Gasteiger partial charge in [0.2, 0.25) is 0 Å². The number of carbonyl (C=O) groups excluding carboxylic acids is 2. The number of ether oxygens (including phenoxy) is 1. The molecule has 3 aliphatic heterocycles. The highest BCUT2D eigenvalue weighted by Crippen LogP contribution is 2.24. The molecule has 0 unspecified atom stereocenters. The summed E-state index contributed by atoms with van der Waals surface area (Å²) in [4.78, 5) is 31.8. The van der Waals surface area contributed by atoms with Crippen LogP contribution >= 0.6 is 0 Å². The molecule has 0 aromatic heterocycles. The zero-order chi connectivity index (χ0) is 26.9. The normalized spacial score (nSPS) is 21.5. The minimum Gasteiger partial charge on any atom is -0.489 e. The third-order valence-corrected chi connectivity index (χ3v) is 9.49. The Hall–Kier alpha value is -2.99. The van der Waals surface area contributed by atoms with E-state index < -0.39 is 10.2 Å². The molecule has 1 atom stereocenters. The van der Waals surface area contributed by atoms with Gasteiger partial charge in [0.05, 0.1) is 6.54 Å². The average Bonchev–Trinajstić information content (AvgIpc) is 3.38. The van der Waals surface area contributed by atoms with Crippen molar-refractivity contribution in [1.29, 1.82) is 0 Å². The van der Waals surface area contributed by atoms with Crippen molar-refractivity contribution in [3.05, 3.63) is 65.7 Å². The molecule has 2 aromatic carbocycles. The molecular formula is C27H35N5O5S. The second-order valence-corrected chi connectivity index (χ2v) is 12.4. The summed E-state index contributed by atoms with van der Waals surface area (Å²) in [5.74, 6) is 0.696. The SMILES string of the molecule is CN(C)S(=O)(=O)N1CC[C@H](Oc2ccc(C(=O)N3CC(N4CCN(C(=O)c5ccccc5)CC4)C3)cc2)C1. The van der Waals surface area contributed by atoms with Crippen molar-refractivity contribution in [3.63, 3.8) is 0 Å². The van der Waals surface area contributed by atoms with E-state index in [1.54, 1.807) is 24.3 Å². The van der Waals surface area contributed by atoms with Gasteiger partial charge in [-0.25, -0.2) is 0 Å². The zero-order valence-corrected chi connectivity index (χ0v) is 22.7. The van der Waals surface area contributed by atoms with Gasteiger partial charge in [-0.2, -0.15) is 17.0 Å². The van der Waals surface area contributed by atoms with Gasteiger partial charge < -0.3 is 14.5 Å². The van der Waals surface area contributed by atoms with Gasteiger partial charge in [-0.3, -0.25) is 14.5 Å². The Morgan fingerprint density at radius 3 is 2.03 bits per heavy atom. The van der Waals surface area contributed by atoms with Crippen molar-refractivity contribution in [2.24, 2.45) is 0 Å². The molecule has 38 heavy (non-hydrogen) atoms. The quantitative estimate of drug-likeness (QED) is 0.524. The molecule has 3 heterocycles. The molecule has 2 aromatic rings.